The minimum atomic E-state index is -1.36. The summed E-state index contributed by atoms with van der Waals surface area (Å²) in [6, 6.07) is 21.5. The third-order valence-electron chi connectivity index (χ3n) is 10.4. The fourth-order valence-corrected chi connectivity index (χ4v) is 7.28. The number of hydrogen-bond donors (Lipinski definition) is 7. The standard InChI is InChI=1S/C46H54ClN9O7/c1-28-42(57)55-38(44(59)52-22-19-49)26-29-6-16-39(62-23-20-50)35(25-29)36-27-33(13-17-40(36)63-24-21-51)41(45(60)53-28)56(2)46(61)37(5-3-4-18-48)54-43(58)32-9-7-30(8-10-32)31-11-14-34(47)15-12-31/h6-17,25,27-28,37-38,41H,3-5,18,20-24,26,48,50-51H2,1-2H3,(H,52,59)(H,53,60)(H,54,58)(H,55,57)/t28-,37-,38-,41-/m0/s1. The summed E-state index contributed by atoms with van der Waals surface area (Å²) >= 11 is 6.06. The van der Waals surface area contributed by atoms with Gasteiger partial charge in [-0.1, -0.05) is 48.0 Å². The molecule has 0 radical (unpaired) electrons. The number of ether oxygens (including phenoxy) is 2. The van der Waals surface area contributed by atoms with E-state index < -0.39 is 53.7 Å². The van der Waals surface area contributed by atoms with E-state index in [1.54, 1.807) is 72.8 Å². The number of carbonyl (C=O) groups is 5. The first-order valence-electron chi connectivity index (χ1n) is 20.7. The number of amides is 5. The molecule has 0 saturated heterocycles. The van der Waals surface area contributed by atoms with Gasteiger partial charge in [-0.25, -0.2) is 0 Å². The van der Waals surface area contributed by atoms with Gasteiger partial charge in [0, 0.05) is 48.3 Å². The van der Waals surface area contributed by atoms with Crippen LogP contribution < -0.4 is 47.9 Å². The third-order valence-corrected chi connectivity index (χ3v) is 10.7. The lowest BCUT2D eigenvalue weighted by Gasteiger charge is -2.32. The second kappa shape index (κ2) is 23.1. The van der Waals surface area contributed by atoms with Crippen molar-refractivity contribution in [3.8, 4) is 39.8 Å². The topological polar surface area (TPSA) is 257 Å². The lowest BCUT2D eigenvalue weighted by atomic mass is 9.93. The Balaban J connectivity index is 1.58. The molecule has 63 heavy (non-hydrogen) atoms. The van der Waals surface area contributed by atoms with Crippen LogP contribution >= 0.6 is 11.6 Å². The Labute approximate surface area is 371 Å². The van der Waals surface area contributed by atoms with Crippen molar-refractivity contribution < 1.29 is 33.4 Å². The number of nitrogens with zero attached hydrogens (tertiary/aromatic N) is 2. The summed E-state index contributed by atoms with van der Waals surface area (Å²) in [5.41, 5.74) is 21.5. The predicted octanol–water partition coefficient (Wildman–Crippen LogP) is 2.96. The van der Waals surface area contributed by atoms with E-state index in [9.17, 15) is 24.0 Å². The molecule has 10 N–H and O–H groups in total. The molecule has 0 spiro atoms. The quantitative estimate of drug-likeness (QED) is 0.0600. The fraction of sp³-hybridized carbons (Fsp3) is 0.348. The van der Waals surface area contributed by atoms with Crippen LogP contribution in [0.2, 0.25) is 5.02 Å². The van der Waals surface area contributed by atoms with Crippen LogP contribution in [0.25, 0.3) is 22.3 Å². The molecule has 16 nitrogen and oxygen atoms in total. The summed E-state index contributed by atoms with van der Waals surface area (Å²) in [4.78, 5) is 71.4. The summed E-state index contributed by atoms with van der Waals surface area (Å²) in [5, 5.41) is 20.6. The van der Waals surface area contributed by atoms with Crippen molar-refractivity contribution in [2.75, 3.05) is 46.4 Å². The number of benzene rings is 4. The van der Waals surface area contributed by atoms with E-state index in [0.29, 0.717) is 63.7 Å². The van der Waals surface area contributed by atoms with Crippen molar-refractivity contribution in [2.24, 2.45) is 17.2 Å². The van der Waals surface area contributed by atoms with Crippen molar-refractivity contribution in [1.82, 2.24) is 26.2 Å². The summed E-state index contributed by atoms with van der Waals surface area (Å²) in [6.07, 6.45) is 1.29. The molecule has 5 amide bonds. The predicted molar refractivity (Wildman–Crippen MR) is 239 cm³/mol. The lowest BCUT2D eigenvalue weighted by Crippen LogP contribution is -2.56. The molecule has 0 unspecified atom stereocenters. The van der Waals surface area contributed by atoms with Crippen LogP contribution in [0.5, 0.6) is 11.5 Å². The number of rotatable bonds is 17. The van der Waals surface area contributed by atoms with Gasteiger partial charge in [-0.15, -0.1) is 0 Å². The highest BCUT2D eigenvalue weighted by molar-refractivity contribution is 6.30. The van der Waals surface area contributed by atoms with Gasteiger partial charge in [0.1, 0.15) is 55.4 Å². The monoisotopic (exact) mass is 879 g/mol. The molecule has 4 atom stereocenters. The molecule has 17 heteroatoms. The van der Waals surface area contributed by atoms with Crippen LogP contribution in [0.3, 0.4) is 0 Å². The van der Waals surface area contributed by atoms with Crippen molar-refractivity contribution in [2.45, 2.75) is 56.8 Å². The third kappa shape index (κ3) is 12.5. The second-order valence-electron chi connectivity index (χ2n) is 15.0. The van der Waals surface area contributed by atoms with E-state index in [1.807, 2.05) is 18.2 Å². The molecule has 332 valence electrons. The molecule has 1 aliphatic rings. The highest BCUT2D eigenvalue weighted by atomic mass is 35.5. The molecule has 0 saturated carbocycles. The van der Waals surface area contributed by atoms with Gasteiger partial charge in [-0.3, -0.25) is 24.0 Å². The number of likely N-dealkylation sites (N-methyl/N-ethyl adjacent to an activating group) is 1. The molecule has 4 aromatic rings. The maximum absolute atomic E-state index is 14.7. The average molecular weight is 880 g/mol. The first-order valence-corrected chi connectivity index (χ1v) is 21.1. The number of fused-ring (bicyclic) bond motifs is 5. The number of nitriles is 1. The average Bonchev–Trinajstić information content (AvgIpc) is 3.28. The Morgan fingerprint density at radius 2 is 1.46 bits per heavy atom. The van der Waals surface area contributed by atoms with Gasteiger partial charge in [-0.2, -0.15) is 5.26 Å². The van der Waals surface area contributed by atoms with E-state index in [0.717, 1.165) is 11.1 Å². The van der Waals surface area contributed by atoms with Gasteiger partial charge >= 0.3 is 0 Å². The zero-order valence-electron chi connectivity index (χ0n) is 35.3. The molecular weight excluding hydrogens is 826 g/mol. The number of unbranched alkanes of at least 4 members (excludes halogenated alkanes) is 1. The SMILES string of the molecule is C[C@@H]1NC(=O)[C@@H](N(C)C(=O)[C@H](CCCCN)NC(=O)c2ccc(-c3ccc(Cl)cc3)cc2)c2ccc(OCCN)c(c2)-c2cc(ccc2OCCN)C[C@@H](C(=O)NCC#N)NC1=O. The fourth-order valence-electron chi connectivity index (χ4n) is 7.15. The molecule has 5 rings (SSSR count). The van der Waals surface area contributed by atoms with E-state index in [1.165, 1.54) is 18.9 Å². The van der Waals surface area contributed by atoms with Crippen LogP contribution in [-0.2, 0) is 25.6 Å². The molecule has 0 aliphatic carbocycles. The van der Waals surface area contributed by atoms with Crippen LogP contribution in [0, 0.1) is 11.3 Å². The number of nitrogens with one attached hydrogen (secondary N) is 4. The van der Waals surface area contributed by atoms with E-state index in [4.69, 9.17) is 43.5 Å². The smallest absolute Gasteiger partial charge is 0.251 e. The van der Waals surface area contributed by atoms with Gasteiger partial charge in [0.05, 0.1) is 6.07 Å². The largest absolute Gasteiger partial charge is 0.492 e. The highest BCUT2D eigenvalue weighted by Crippen LogP contribution is 2.40. The Morgan fingerprint density at radius 3 is 2.08 bits per heavy atom. The van der Waals surface area contributed by atoms with E-state index in [2.05, 4.69) is 21.3 Å². The normalized spacial score (nSPS) is 16.6. The Morgan fingerprint density at radius 1 is 0.841 bits per heavy atom. The van der Waals surface area contributed by atoms with Crippen molar-refractivity contribution in [1.29, 1.82) is 5.26 Å². The van der Waals surface area contributed by atoms with Crippen LogP contribution in [-0.4, -0.2) is 99.0 Å². The maximum Gasteiger partial charge on any atom is 0.251 e. The lowest BCUT2D eigenvalue weighted by molar-refractivity contribution is -0.141. The molecule has 1 aliphatic heterocycles. The molecule has 4 bridgehead atoms. The van der Waals surface area contributed by atoms with Gasteiger partial charge in [0.2, 0.25) is 23.6 Å². The molecular formula is C46H54ClN9O7. The van der Waals surface area contributed by atoms with Gasteiger partial charge in [-0.05, 0) is 104 Å². The minimum Gasteiger partial charge on any atom is -0.492 e. The van der Waals surface area contributed by atoms with Crippen molar-refractivity contribution in [3.05, 3.63) is 107 Å². The second-order valence-corrected chi connectivity index (χ2v) is 15.4. The maximum atomic E-state index is 14.7. The summed E-state index contributed by atoms with van der Waals surface area (Å²) < 4.78 is 12.2. The Hall–Kier alpha value is -6.51. The number of hydrogen-bond acceptors (Lipinski definition) is 11. The molecule has 1 heterocycles. The summed E-state index contributed by atoms with van der Waals surface area (Å²) in [6.45, 7) is 2.22. The van der Waals surface area contributed by atoms with Gasteiger partial charge < -0.3 is 52.8 Å². The van der Waals surface area contributed by atoms with Gasteiger partial charge in [0.25, 0.3) is 5.91 Å². The number of carbonyl (C=O) groups excluding carboxylic acids is 5. The molecule has 4 aromatic carbocycles. The highest BCUT2D eigenvalue weighted by Gasteiger charge is 2.36. The summed E-state index contributed by atoms with van der Waals surface area (Å²) in [7, 11) is 1.45. The molecule has 0 fully saturated rings. The van der Waals surface area contributed by atoms with Crippen molar-refractivity contribution >= 4 is 41.1 Å². The van der Waals surface area contributed by atoms with Crippen LogP contribution in [0.4, 0.5) is 0 Å². The summed E-state index contributed by atoms with van der Waals surface area (Å²) in [5.74, 6) is -2.31. The van der Waals surface area contributed by atoms with E-state index in [-0.39, 0.29) is 45.7 Å². The first-order chi connectivity index (χ1) is 30.4. The van der Waals surface area contributed by atoms with E-state index >= 15 is 0 Å². The number of halogens is 1. The Bertz CT molecular complexity index is 2290. The first kappa shape index (κ1) is 47.5. The molecule has 0 aromatic heterocycles. The zero-order valence-corrected chi connectivity index (χ0v) is 36.1. The zero-order chi connectivity index (χ0) is 45.5. The number of nitrogens with two attached hydrogens (primary N) is 3. The Kier molecular flexibility index (Phi) is 17.4. The minimum absolute atomic E-state index is 0.0101. The van der Waals surface area contributed by atoms with Crippen LogP contribution in [0.1, 0.15) is 53.7 Å². The van der Waals surface area contributed by atoms with Crippen LogP contribution in [0.15, 0.2) is 84.9 Å². The van der Waals surface area contributed by atoms with Gasteiger partial charge in [0.15, 0.2) is 0 Å². The van der Waals surface area contributed by atoms with Crippen molar-refractivity contribution in [3.63, 3.8) is 0 Å².